The molecule has 0 spiro atoms. The molecular formula is C19H16N4O2. The Labute approximate surface area is 144 Å². The lowest BCUT2D eigenvalue weighted by molar-refractivity contribution is 0.304. The third-order valence-electron chi connectivity index (χ3n) is 3.81. The van der Waals surface area contributed by atoms with Crippen LogP contribution in [0.5, 0.6) is 11.5 Å². The first-order valence-corrected chi connectivity index (χ1v) is 7.85. The van der Waals surface area contributed by atoms with Crippen molar-refractivity contribution in [3.8, 4) is 22.9 Å². The molecule has 0 aliphatic rings. The molecule has 0 aliphatic carbocycles. The summed E-state index contributed by atoms with van der Waals surface area (Å²) >= 11 is 0. The molecule has 124 valence electrons. The molecule has 0 atom stereocenters. The van der Waals surface area contributed by atoms with Crippen LogP contribution >= 0.6 is 0 Å². The number of fused-ring (bicyclic) bond motifs is 1. The van der Waals surface area contributed by atoms with Crippen LogP contribution in [0.15, 0.2) is 60.9 Å². The van der Waals surface area contributed by atoms with Crippen LogP contribution in [0.2, 0.25) is 0 Å². The number of rotatable bonds is 5. The monoisotopic (exact) mass is 332 g/mol. The van der Waals surface area contributed by atoms with E-state index in [2.05, 4.69) is 19.9 Å². The number of aromatic amines is 1. The summed E-state index contributed by atoms with van der Waals surface area (Å²) < 4.78 is 11.4. The fourth-order valence-corrected chi connectivity index (χ4v) is 2.57. The lowest BCUT2D eigenvalue weighted by atomic mass is 10.2. The van der Waals surface area contributed by atoms with Gasteiger partial charge in [0.25, 0.3) is 0 Å². The van der Waals surface area contributed by atoms with Crippen molar-refractivity contribution in [2.24, 2.45) is 0 Å². The van der Waals surface area contributed by atoms with Gasteiger partial charge in [0.05, 0.1) is 12.7 Å². The van der Waals surface area contributed by atoms with Crippen LogP contribution in [-0.4, -0.2) is 27.0 Å². The summed E-state index contributed by atoms with van der Waals surface area (Å²) in [5, 5.41) is 0. The van der Waals surface area contributed by atoms with Crippen molar-refractivity contribution < 1.29 is 9.47 Å². The van der Waals surface area contributed by atoms with Crippen molar-refractivity contribution in [3.05, 3.63) is 66.5 Å². The van der Waals surface area contributed by atoms with E-state index in [4.69, 9.17) is 9.47 Å². The molecule has 2 aromatic heterocycles. The highest BCUT2D eigenvalue weighted by Crippen LogP contribution is 2.32. The van der Waals surface area contributed by atoms with Crippen molar-refractivity contribution in [2.45, 2.75) is 6.61 Å². The second kappa shape index (κ2) is 6.60. The average molecular weight is 332 g/mol. The van der Waals surface area contributed by atoms with Crippen molar-refractivity contribution in [1.82, 2.24) is 19.9 Å². The molecule has 6 heteroatoms. The lowest BCUT2D eigenvalue weighted by Gasteiger charge is -2.10. The first-order valence-electron chi connectivity index (χ1n) is 7.85. The molecule has 2 aromatic carbocycles. The zero-order valence-electron chi connectivity index (χ0n) is 13.6. The number of benzene rings is 2. The highest BCUT2D eigenvalue weighted by molar-refractivity contribution is 5.75. The number of ether oxygens (including phenoxy) is 2. The van der Waals surface area contributed by atoms with Gasteiger partial charge < -0.3 is 14.5 Å². The summed E-state index contributed by atoms with van der Waals surface area (Å²) in [7, 11) is 1.62. The Morgan fingerprint density at radius 2 is 1.84 bits per heavy atom. The van der Waals surface area contributed by atoms with E-state index in [0.29, 0.717) is 29.5 Å². The minimum atomic E-state index is 0.502. The van der Waals surface area contributed by atoms with Gasteiger partial charge in [-0.3, -0.25) is 0 Å². The molecular weight excluding hydrogens is 316 g/mol. The smallest absolute Gasteiger partial charge is 0.197 e. The summed E-state index contributed by atoms with van der Waals surface area (Å²) in [6.45, 7) is 0.502. The Kier molecular flexibility index (Phi) is 4.00. The molecule has 4 rings (SSSR count). The molecule has 1 N–H and O–H groups in total. The Balaban J connectivity index is 1.61. The maximum absolute atomic E-state index is 5.85. The van der Waals surface area contributed by atoms with Gasteiger partial charge in [0.1, 0.15) is 23.9 Å². The van der Waals surface area contributed by atoms with E-state index in [1.54, 1.807) is 19.5 Å². The number of nitrogens with one attached hydrogen (secondary N) is 1. The van der Waals surface area contributed by atoms with Gasteiger partial charge in [-0.05, 0) is 17.7 Å². The van der Waals surface area contributed by atoms with Crippen LogP contribution in [0.3, 0.4) is 0 Å². The van der Waals surface area contributed by atoms with E-state index in [1.165, 1.54) is 0 Å². The summed E-state index contributed by atoms with van der Waals surface area (Å²) in [5.74, 6) is 2.06. The molecule has 0 fully saturated rings. The van der Waals surface area contributed by atoms with Gasteiger partial charge in [0.15, 0.2) is 11.3 Å². The molecule has 2 heterocycles. The highest BCUT2D eigenvalue weighted by atomic mass is 16.5. The molecule has 0 aliphatic heterocycles. The number of imidazole rings is 1. The first kappa shape index (κ1) is 15.1. The molecule has 25 heavy (non-hydrogen) atoms. The molecule has 0 saturated carbocycles. The highest BCUT2D eigenvalue weighted by Gasteiger charge is 2.13. The third-order valence-corrected chi connectivity index (χ3v) is 3.81. The second-order valence-electron chi connectivity index (χ2n) is 5.45. The fourth-order valence-electron chi connectivity index (χ4n) is 2.57. The van der Waals surface area contributed by atoms with Gasteiger partial charge in [-0.25, -0.2) is 15.0 Å². The van der Waals surface area contributed by atoms with E-state index < -0.39 is 0 Å². The number of aromatic nitrogens is 4. The van der Waals surface area contributed by atoms with Gasteiger partial charge in [0, 0.05) is 18.5 Å². The molecule has 0 radical (unpaired) electrons. The van der Waals surface area contributed by atoms with Crippen molar-refractivity contribution >= 4 is 11.3 Å². The Morgan fingerprint density at radius 3 is 2.64 bits per heavy atom. The van der Waals surface area contributed by atoms with Gasteiger partial charge in [-0.2, -0.15) is 0 Å². The van der Waals surface area contributed by atoms with Crippen LogP contribution in [0.4, 0.5) is 0 Å². The van der Waals surface area contributed by atoms with Crippen LogP contribution < -0.4 is 9.47 Å². The Hall–Kier alpha value is -3.41. The maximum Gasteiger partial charge on any atom is 0.197 e. The number of nitrogens with zero attached hydrogens (tertiary/aromatic N) is 3. The van der Waals surface area contributed by atoms with Gasteiger partial charge in [-0.1, -0.05) is 30.3 Å². The average Bonchev–Trinajstić information content (AvgIpc) is 3.11. The summed E-state index contributed by atoms with van der Waals surface area (Å²) in [4.78, 5) is 16.0. The fraction of sp³-hybridized carbons (Fsp3) is 0.105. The summed E-state index contributed by atoms with van der Waals surface area (Å²) in [5.41, 5.74) is 3.15. The standard InChI is InChI=1S/C19H16N4O2/c1-24-16-11-14(25-12-13-5-3-2-4-6-13)7-8-15(16)17-22-18-19(23-17)21-10-9-20-18/h2-11H,12H2,1H3,(H,20,21,22,23). The van der Waals surface area contributed by atoms with Crippen LogP contribution in [0, 0.1) is 0 Å². The molecule has 0 unspecified atom stereocenters. The lowest BCUT2D eigenvalue weighted by Crippen LogP contribution is -1.96. The quantitative estimate of drug-likeness (QED) is 0.604. The van der Waals surface area contributed by atoms with E-state index in [1.807, 2.05) is 48.5 Å². The number of H-pyrrole nitrogens is 1. The van der Waals surface area contributed by atoms with Crippen molar-refractivity contribution in [2.75, 3.05) is 7.11 Å². The minimum absolute atomic E-state index is 0.502. The Bertz CT molecular complexity index is 966. The molecule has 0 saturated heterocycles. The Morgan fingerprint density at radius 1 is 1.00 bits per heavy atom. The second-order valence-corrected chi connectivity index (χ2v) is 5.45. The van der Waals surface area contributed by atoms with E-state index in [0.717, 1.165) is 16.9 Å². The molecule has 6 nitrogen and oxygen atoms in total. The van der Waals surface area contributed by atoms with Crippen molar-refractivity contribution in [3.63, 3.8) is 0 Å². The molecule has 4 aromatic rings. The van der Waals surface area contributed by atoms with Crippen molar-refractivity contribution in [1.29, 1.82) is 0 Å². The number of methoxy groups -OCH3 is 1. The van der Waals surface area contributed by atoms with Gasteiger partial charge >= 0.3 is 0 Å². The number of hydrogen-bond acceptors (Lipinski definition) is 5. The zero-order chi connectivity index (χ0) is 17.1. The minimum Gasteiger partial charge on any atom is -0.496 e. The number of hydrogen-bond donors (Lipinski definition) is 1. The predicted octanol–water partition coefficient (Wildman–Crippen LogP) is 3.61. The maximum atomic E-state index is 5.85. The third kappa shape index (κ3) is 3.14. The largest absolute Gasteiger partial charge is 0.496 e. The summed E-state index contributed by atoms with van der Waals surface area (Å²) in [6, 6.07) is 15.7. The normalized spacial score (nSPS) is 10.8. The van der Waals surface area contributed by atoms with E-state index in [9.17, 15) is 0 Å². The van der Waals surface area contributed by atoms with Crippen LogP contribution in [-0.2, 0) is 6.61 Å². The van der Waals surface area contributed by atoms with E-state index in [-0.39, 0.29) is 0 Å². The first-order chi connectivity index (χ1) is 12.3. The zero-order valence-corrected chi connectivity index (χ0v) is 13.6. The van der Waals surface area contributed by atoms with E-state index >= 15 is 0 Å². The summed E-state index contributed by atoms with van der Waals surface area (Å²) in [6.07, 6.45) is 3.24. The topological polar surface area (TPSA) is 72.9 Å². The molecule has 0 amide bonds. The van der Waals surface area contributed by atoms with Crippen LogP contribution in [0.1, 0.15) is 5.56 Å². The SMILES string of the molecule is COc1cc(OCc2ccccc2)ccc1-c1nc2nccnc2[nH]1. The molecule has 0 bridgehead atoms. The van der Waals surface area contributed by atoms with Gasteiger partial charge in [-0.15, -0.1) is 0 Å². The predicted molar refractivity (Wildman–Crippen MR) is 94.4 cm³/mol. The van der Waals surface area contributed by atoms with Crippen LogP contribution in [0.25, 0.3) is 22.7 Å². The van der Waals surface area contributed by atoms with Gasteiger partial charge in [0.2, 0.25) is 0 Å².